The van der Waals surface area contributed by atoms with Crippen LogP contribution in [0.5, 0.6) is 0 Å². The van der Waals surface area contributed by atoms with E-state index in [2.05, 4.69) is 83.0 Å². The molecule has 0 atom stereocenters. The van der Waals surface area contributed by atoms with Crippen molar-refractivity contribution in [3.05, 3.63) is 92.6 Å². The maximum Gasteiger partial charge on any atom is 0.137 e. The lowest BCUT2D eigenvalue weighted by atomic mass is 10.1. The van der Waals surface area contributed by atoms with Crippen LogP contribution in [0.15, 0.2) is 71.0 Å². The second-order valence-corrected chi connectivity index (χ2v) is 9.79. The van der Waals surface area contributed by atoms with E-state index in [9.17, 15) is 0 Å². The van der Waals surface area contributed by atoms with Crippen LogP contribution >= 0.6 is 27.3 Å². The number of anilines is 1. The number of halogens is 1. The maximum absolute atomic E-state index is 4.64. The van der Waals surface area contributed by atoms with Crippen LogP contribution in [0.3, 0.4) is 0 Å². The van der Waals surface area contributed by atoms with E-state index in [0.29, 0.717) is 6.54 Å². The minimum atomic E-state index is 0.583. The highest BCUT2D eigenvalue weighted by molar-refractivity contribution is 9.10. The summed E-state index contributed by atoms with van der Waals surface area (Å²) in [5, 5.41) is 17.6. The Hall–Kier alpha value is -3.67. The molecule has 6 nitrogen and oxygen atoms in total. The molecule has 0 bridgehead atoms. The molecule has 2 N–H and O–H groups in total. The molecule has 34 heavy (non-hydrogen) atoms. The third kappa shape index (κ3) is 4.04. The number of nitrogens with zero attached hydrogens (tertiary/aromatic N) is 4. The maximum atomic E-state index is 4.64. The summed E-state index contributed by atoms with van der Waals surface area (Å²) in [7, 11) is 0. The molecule has 6 rings (SSSR count). The van der Waals surface area contributed by atoms with Gasteiger partial charge in [-0.05, 0) is 45.3 Å². The van der Waals surface area contributed by atoms with Crippen molar-refractivity contribution >= 4 is 33.0 Å². The number of H-pyrrole nitrogens is 1. The van der Waals surface area contributed by atoms with Crippen molar-refractivity contribution < 1.29 is 0 Å². The monoisotopic (exact) mass is 526 g/mol. The first-order valence-electron chi connectivity index (χ1n) is 10.8. The molecule has 1 aliphatic rings. The van der Waals surface area contributed by atoms with Gasteiger partial charge in [-0.25, -0.2) is 9.67 Å². The zero-order valence-corrected chi connectivity index (χ0v) is 20.4. The van der Waals surface area contributed by atoms with E-state index in [1.807, 2.05) is 28.9 Å². The largest absolute Gasteiger partial charge is 0.373 e. The van der Waals surface area contributed by atoms with Crippen LogP contribution in [0.2, 0.25) is 0 Å². The normalized spacial score (nSPS) is 11.6. The van der Waals surface area contributed by atoms with Gasteiger partial charge in [0.1, 0.15) is 12.7 Å². The van der Waals surface area contributed by atoms with Gasteiger partial charge in [-0.15, -0.1) is 11.3 Å². The fourth-order valence-corrected chi connectivity index (χ4v) is 5.41. The fourth-order valence-electron chi connectivity index (χ4n) is 4.23. The van der Waals surface area contributed by atoms with Gasteiger partial charge < -0.3 is 5.32 Å². The number of para-hydroxylation sites is 1. The van der Waals surface area contributed by atoms with Gasteiger partial charge in [0.05, 0.1) is 29.4 Å². The summed E-state index contributed by atoms with van der Waals surface area (Å²) in [6, 6.07) is 16.8. The second-order valence-electron chi connectivity index (χ2n) is 8.02. The van der Waals surface area contributed by atoms with Crippen LogP contribution in [0, 0.1) is 11.8 Å². The van der Waals surface area contributed by atoms with Crippen LogP contribution in [0.1, 0.15) is 21.6 Å². The van der Waals surface area contributed by atoms with Gasteiger partial charge in [0, 0.05) is 38.7 Å². The molecule has 0 spiro atoms. The van der Waals surface area contributed by atoms with Crippen molar-refractivity contribution in [3.63, 3.8) is 0 Å². The van der Waals surface area contributed by atoms with Crippen molar-refractivity contribution in [1.82, 2.24) is 25.0 Å². The molecule has 2 aromatic carbocycles. The predicted octanol–water partition coefficient (Wildman–Crippen LogP) is 5.58. The summed E-state index contributed by atoms with van der Waals surface area (Å²) in [6.45, 7) is 1.30. The SMILES string of the molecule is Brc1ccccc1NCC#Cc1cc(-c2n[nH]c3c2Cc2cc(Cn4cncn4)ccc2-3)cs1. The van der Waals surface area contributed by atoms with E-state index in [-0.39, 0.29) is 0 Å². The Balaban J connectivity index is 1.17. The number of thiophene rings is 1. The van der Waals surface area contributed by atoms with E-state index < -0.39 is 0 Å². The first kappa shape index (κ1) is 20.9. The summed E-state index contributed by atoms with van der Waals surface area (Å²) in [6.07, 6.45) is 4.17. The highest BCUT2D eigenvalue weighted by atomic mass is 79.9. The van der Waals surface area contributed by atoms with Gasteiger partial charge in [-0.3, -0.25) is 5.10 Å². The molecule has 3 aromatic heterocycles. The molecular weight excluding hydrogens is 508 g/mol. The molecular formula is C26H19BrN6S. The summed E-state index contributed by atoms with van der Waals surface area (Å²) in [4.78, 5) is 5.06. The lowest BCUT2D eigenvalue weighted by Gasteiger charge is -2.05. The van der Waals surface area contributed by atoms with Crippen molar-refractivity contribution in [2.75, 3.05) is 11.9 Å². The number of nitrogens with one attached hydrogen (secondary N) is 2. The first-order valence-corrected chi connectivity index (χ1v) is 12.5. The summed E-state index contributed by atoms with van der Waals surface area (Å²) >= 11 is 5.20. The van der Waals surface area contributed by atoms with Gasteiger partial charge in [0.25, 0.3) is 0 Å². The Labute approximate surface area is 209 Å². The first-order chi connectivity index (χ1) is 16.7. The van der Waals surface area contributed by atoms with E-state index >= 15 is 0 Å². The van der Waals surface area contributed by atoms with Crippen molar-refractivity contribution in [2.45, 2.75) is 13.0 Å². The zero-order chi connectivity index (χ0) is 22.9. The minimum Gasteiger partial charge on any atom is -0.373 e. The Morgan fingerprint density at radius 2 is 2.12 bits per heavy atom. The van der Waals surface area contributed by atoms with Crippen LogP contribution < -0.4 is 5.32 Å². The standard InChI is InChI=1S/C26H19BrN6S/c27-23-5-1-2-6-24(23)29-9-3-4-20-11-19(14-34-20)25-22-12-18-10-17(13-33-16-28-15-30-33)7-8-21(18)26(22)32-31-25/h1-2,5-8,10-11,14-16,29H,9,12-13H2,(H,31,32). The summed E-state index contributed by atoms with van der Waals surface area (Å²) < 4.78 is 2.87. The van der Waals surface area contributed by atoms with Gasteiger partial charge in [-0.2, -0.15) is 10.2 Å². The molecule has 0 fully saturated rings. The number of hydrogen-bond acceptors (Lipinski definition) is 5. The van der Waals surface area contributed by atoms with E-state index in [1.165, 1.54) is 22.3 Å². The van der Waals surface area contributed by atoms with E-state index in [0.717, 1.165) is 45.0 Å². The third-order valence-electron chi connectivity index (χ3n) is 5.81. The van der Waals surface area contributed by atoms with Crippen LogP contribution in [0.4, 0.5) is 5.69 Å². The molecule has 0 unspecified atom stereocenters. The third-order valence-corrected chi connectivity index (χ3v) is 7.35. The van der Waals surface area contributed by atoms with Gasteiger partial charge in [-0.1, -0.05) is 42.2 Å². The molecule has 0 saturated heterocycles. The van der Waals surface area contributed by atoms with E-state index in [1.54, 1.807) is 24.0 Å². The summed E-state index contributed by atoms with van der Waals surface area (Å²) in [5.41, 5.74) is 9.30. The highest BCUT2D eigenvalue weighted by Crippen LogP contribution is 2.41. The summed E-state index contributed by atoms with van der Waals surface area (Å²) in [5.74, 6) is 6.48. The van der Waals surface area contributed by atoms with Crippen molar-refractivity contribution in [1.29, 1.82) is 0 Å². The van der Waals surface area contributed by atoms with Crippen molar-refractivity contribution in [2.24, 2.45) is 0 Å². The Bertz CT molecular complexity index is 1540. The molecule has 5 aromatic rings. The van der Waals surface area contributed by atoms with Crippen LogP contribution in [-0.4, -0.2) is 31.5 Å². The Morgan fingerprint density at radius 3 is 3.00 bits per heavy atom. The molecule has 0 amide bonds. The molecule has 166 valence electrons. The number of fused-ring (bicyclic) bond motifs is 3. The van der Waals surface area contributed by atoms with Gasteiger partial charge >= 0.3 is 0 Å². The number of aromatic nitrogens is 5. The smallest absolute Gasteiger partial charge is 0.137 e. The number of benzene rings is 2. The second kappa shape index (κ2) is 8.93. The van der Waals surface area contributed by atoms with Crippen LogP contribution in [-0.2, 0) is 13.0 Å². The number of aromatic amines is 1. The lowest BCUT2D eigenvalue weighted by Crippen LogP contribution is -2.00. The molecule has 0 saturated carbocycles. The predicted molar refractivity (Wildman–Crippen MR) is 139 cm³/mol. The molecule has 3 heterocycles. The molecule has 0 aliphatic heterocycles. The highest BCUT2D eigenvalue weighted by Gasteiger charge is 2.25. The lowest BCUT2D eigenvalue weighted by molar-refractivity contribution is 0.684. The van der Waals surface area contributed by atoms with Gasteiger partial charge in [0.2, 0.25) is 0 Å². The Kier molecular flexibility index (Phi) is 5.49. The molecule has 1 aliphatic carbocycles. The quantitative estimate of drug-likeness (QED) is 0.288. The zero-order valence-electron chi connectivity index (χ0n) is 18.0. The molecule has 8 heteroatoms. The van der Waals surface area contributed by atoms with E-state index in [4.69, 9.17) is 0 Å². The fraction of sp³-hybridized carbons (Fsp3) is 0.115. The number of rotatable bonds is 5. The topological polar surface area (TPSA) is 71.4 Å². The Morgan fingerprint density at radius 1 is 1.18 bits per heavy atom. The van der Waals surface area contributed by atoms with Gasteiger partial charge in [0.15, 0.2) is 0 Å². The minimum absolute atomic E-state index is 0.583. The average Bonchev–Trinajstić information content (AvgIpc) is 3.63. The van der Waals surface area contributed by atoms with Crippen LogP contribution in [0.25, 0.3) is 22.5 Å². The number of hydrogen-bond donors (Lipinski definition) is 2. The average molecular weight is 527 g/mol. The molecule has 0 radical (unpaired) electrons. The van der Waals surface area contributed by atoms with Crippen molar-refractivity contribution in [3.8, 4) is 34.4 Å².